The lowest BCUT2D eigenvalue weighted by Gasteiger charge is -2.07. The number of pyridine rings is 1. The Bertz CT molecular complexity index is 659. The molecule has 1 N–H and O–H groups in total. The molecule has 1 aromatic heterocycles. The maximum atomic E-state index is 11.7. The Labute approximate surface area is 120 Å². The highest BCUT2D eigenvalue weighted by Crippen LogP contribution is 2.24. The van der Waals surface area contributed by atoms with Gasteiger partial charge in [-0.25, -0.2) is 0 Å². The molecule has 2 rings (SSSR count). The zero-order valence-corrected chi connectivity index (χ0v) is 11.3. The second-order valence-corrected chi connectivity index (χ2v) is 4.23. The van der Waals surface area contributed by atoms with E-state index in [0.29, 0.717) is 11.4 Å². The number of amides is 1. The van der Waals surface area contributed by atoms with Gasteiger partial charge in [-0.3, -0.25) is 4.79 Å². The van der Waals surface area contributed by atoms with Crippen molar-refractivity contribution < 1.29 is 14.5 Å². The van der Waals surface area contributed by atoms with Crippen LogP contribution in [0.2, 0.25) is 0 Å². The van der Waals surface area contributed by atoms with Crippen LogP contribution >= 0.6 is 0 Å². The number of rotatable bonds is 5. The summed E-state index contributed by atoms with van der Waals surface area (Å²) in [5, 5.41) is 13.5. The third-order valence-electron chi connectivity index (χ3n) is 2.57. The molecule has 0 aliphatic rings. The lowest BCUT2D eigenvalue weighted by atomic mass is 10.3. The van der Waals surface area contributed by atoms with Crippen LogP contribution in [0.4, 0.5) is 11.5 Å². The number of aryl methyl sites for hydroxylation is 1. The summed E-state index contributed by atoms with van der Waals surface area (Å²) in [5.74, 6) is -0.840. The molecule has 21 heavy (non-hydrogen) atoms. The SMILES string of the molecule is Cc1ccc(OCC(=O)Nc2ccccc2)c([N+](=O)[O-])n1. The summed E-state index contributed by atoms with van der Waals surface area (Å²) >= 11 is 0. The number of nitrogens with one attached hydrogen (secondary N) is 1. The molecule has 0 spiro atoms. The van der Waals surface area contributed by atoms with Crippen LogP contribution in [-0.4, -0.2) is 22.4 Å². The van der Waals surface area contributed by atoms with Gasteiger partial charge in [0.05, 0.1) is 0 Å². The normalized spacial score (nSPS) is 9.95. The maximum absolute atomic E-state index is 11.7. The van der Waals surface area contributed by atoms with Crippen molar-refractivity contribution in [2.45, 2.75) is 6.92 Å². The average molecular weight is 287 g/mol. The van der Waals surface area contributed by atoms with Crippen molar-refractivity contribution in [2.75, 3.05) is 11.9 Å². The number of carbonyl (C=O) groups excluding carboxylic acids is 1. The Kier molecular flexibility index (Phi) is 4.45. The third-order valence-corrected chi connectivity index (χ3v) is 2.57. The summed E-state index contributed by atoms with van der Waals surface area (Å²) < 4.78 is 5.17. The molecule has 0 atom stereocenters. The molecular weight excluding hydrogens is 274 g/mol. The molecule has 1 amide bonds. The summed E-state index contributed by atoms with van der Waals surface area (Å²) in [6, 6.07) is 11.9. The first kappa shape index (κ1) is 14.4. The summed E-state index contributed by atoms with van der Waals surface area (Å²) in [4.78, 5) is 25.7. The number of nitro groups is 1. The molecule has 0 aliphatic carbocycles. The van der Waals surface area contributed by atoms with Gasteiger partial charge in [-0.1, -0.05) is 18.2 Å². The second-order valence-electron chi connectivity index (χ2n) is 4.23. The predicted octanol–water partition coefficient (Wildman–Crippen LogP) is 2.32. The molecule has 0 fully saturated rings. The molecule has 7 nitrogen and oxygen atoms in total. The van der Waals surface area contributed by atoms with Crippen LogP contribution in [0.1, 0.15) is 5.69 Å². The lowest BCUT2D eigenvalue weighted by molar-refractivity contribution is -0.390. The molecular formula is C14H13N3O4. The Balaban J connectivity index is 2.00. The number of carbonyl (C=O) groups is 1. The van der Waals surface area contributed by atoms with Gasteiger partial charge < -0.3 is 20.2 Å². The molecule has 0 saturated carbocycles. The smallest absolute Gasteiger partial charge is 0.406 e. The van der Waals surface area contributed by atoms with Crippen molar-refractivity contribution in [1.82, 2.24) is 4.98 Å². The van der Waals surface area contributed by atoms with E-state index in [2.05, 4.69) is 10.3 Å². The highest BCUT2D eigenvalue weighted by molar-refractivity contribution is 5.91. The van der Waals surface area contributed by atoms with Crippen molar-refractivity contribution in [3.8, 4) is 5.75 Å². The minimum Gasteiger partial charge on any atom is -0.476 e. The van der Waals surface area contributed by atoms with Crippen LogP contribution < -0.4 is 10.1 Å². The minimum atomic E-state index is -0.641. The fourth-order valence-electron chi connectivity index (χ4n) is 1.64. The maximum Gasteiger partial charge on any atom is 0.406 e. The van der Waals surface area contributed by atoms with Crippen molar-refractivity contribution in [2.24, 2.45) is 0 Å². The van der Waals surface area contributed by atoms with Gasteiger partial charge in [0.1, 0.15) is 5.69 Å². The zero-order valence-electron chi connectivity index (χ0n) is 11.3. The van der Waals surface area contributed by atoms with Crippen LogP contribution in [0, 0.1) is 17.0 Å². The lowest BCUT2D eigenvalue weighted by Crippen LogP contribution is -2.20. The number of anilines is 1. The molecule has 1 aromatic carbocycles. The van der Waals surface area contributed by atoms with Gasteiger partial charge in [0.2, 0.25) is 5.75 Å². The van der Waals surface area contributed by atoms with Gasteiger partial charge in [-0.05, 0) is 34.2 Å². The highest BCUT2D eigenvalue weighted by atomic mass is 16.6. The van der Waals surface area contributed by atoms with Gasteiger partial charge in [0.25, 0.3) is 5.91 Å². The first-order valence-corrected chi connectivity index (χ1v) is 6.16. The van der Waals surface area contributed by atoms with E-state index in [9.17, 15) is 14.9 Å². The predicted molar refractivity (Wildman–Crippen MR) is 76.2 cm³/mol. The number of benzene rings is 1. The quantitative estimate of drug-likeness (QED) is 0.672. The minimum absolute atomic E-state index is 0.0335. The molecule has 0 saturated heterocycles. The average Bonchev–Trinajstić information content (AvgIpc) is 2.47. The van der Waals surface area contributed by atoms with Crippen molar-refractivity contribution in [3.05, 3.63) is 58.3 Å². The van der Waals surface area contributed by atoms with Crippen LogP contribution in [0.3, 0.4) is 0 Å². The van der Waals surface area contributed by atoms with Crippen molar-refractivity contribution in [1.29, 1.82) is 0 Å². The van der Waals surface area contributed by atoms with Crippen LogP contribution in [0.15, 0.2) is 42.5 Å². The van der Waals surface area contributed by atoms with Crippen LogP contribution in [0.5, 0.6) is 5.75 Å². The summed E-state index contributed by atoms with van der Waals surface area (Å²) in [6.45, 7) is 1.30. The van der Waals surface area contributed by atoms with E-state index in [-0.39, 0.29) is 12.4 Å². The molecule has 0 radical (unpaired) electrons. The Morgan fingerprint density at radius 1 is 1.29 bits per heavy atom. The second kappa shape index (κ2) is 6.47. The van der Waals surface area contributed by atoms with Crippen molar-refractivity contribution >= 4 is 17.4 Å². The van der Waals surface area contributed by atoms with Gasteiger partial charge in [-0.15, -0.1) is 0 Å². The van der Waals surface area contributed by atoms with E-state index < -0.39 is 16.6 Å². The number of hydrogen-bond acceptors (Lipinski definition) is 5. The van der Waals surface area contributed by atoms with Gasteiger partial charge in [0.15, 0.2) is 6.61 Å². The van der Waals surface area contributed by atoms with E-state index >= 15 is 0 Å². The molecule has 0 aliphatic heterocycles. The number of aromatic nitrogens is 1. The summed E-state index contributed by atoms with van der Waals surface area (Å²) in [7, 11) is 0. The molecule has 108 valence electrons. The van der Waals surface area contributed by atoms with E-state index in [4.69, 9.17) is 4.74 Å². The number of nitrogens with zero attached hydrogens (tertiary/aromatic N) is 2. The Hall–Kier alpha value is -2.96. The topological polar surface area (TPSA) is 94.4 Å². The van der Waals surface area contributed by atoms with E-state index in [0.717, 1.165) is 0 Å². The highest BCUT2D eigenvalue weighted by Gasteiger charge is 2.18. The summed E-state index contributed by atoms with van der Waals surface area (Å²) in [5.41, 5.74) is 1.13. The van der Waals surface area contributed by atoms with Gasteiger partial charge in [-0.2, -0.15) is 0 Å². The fourth-order valence-corrected chi connectivity index (χ4v) is 1.64. The van der Waals surface area contributed by atoms with Crippen LogP contribution in [0.25, 0.3) is 0 Å². The number of hydrogen-bond donors (Lipinski definition) is 1. The molecule has 2 aromatic rings. The van der Waals surface area contributed by atoms with Crippen LogP contribution in [-0.2, 0) is 4.79 Å². The van der Waals surface area contributed by atoms with Crippen molar-refractivity contribution in [3.63, 3.8) is 0 Å². The molecule has 0 unspecified atom stereocenters. The Morgan fingerprint density at radius 3 is 2.67 bits per heavy atom. The number of para-hydroxylation sites is 1. The Morgan fingerprint density at radius 2 is 2.00 bits per heavy atom. The number of ether oxygens (including phenoxy) is 1. The van der Waals surface area contributed by atoms with E-state index in [1.165, 1.54) is 6.07 Å². The van der Waals surface area contributed by atoms with E-state index in [1.54, 1.807) is 37.3 Å². The largest absolute Gasteiger partial charge is 0.476 e. The fraction of sp³-hybridized carbons (Fsp3) is 0.143. The first-order chi connectivity index (χ1) is 10.1. The van der Waals surface area contributed by atoms with Gasteiger partial charge in [0, 0.05) is 12.6 Å². The molecule has 1 heterocycles. The standard InChI is InChI=1S/C14H13N3O4/c1-10-7-8-12(14(15-10)17(19)20)21-9-13(18)16-11-5-3-2-4-6-11/h2-8H,9H2,1H3,(H,16,18). The molecule has 0 bridgehead atoms. The van der Waals surface area contributed by atoms with E-state index in [1.807, 2.05) is 6.07 Å². The first-order valence-electron chi connectivity index (χ1n) is 6.16. The third kappa shape index (κ3) is 4.00. The monoisotopic (exact) mass is 287 g/mol. The summed E-state index contributed by atoms with van der Waals surface area (Å²) in [6.07, 6.45) is 0. The van der Waals surface area contributed by atoms with Gasteiger partial charge >= 0.3 is 5.82 Å². The zero-order chi connectivity index (χ0) is 15.2. The molecule has 7 heteroatoms.